The van der Waals surface area contributed by atoms with Gasteiger partial charge in [0.1, 0.15) is 6.61 Å². The fourth-order valence-corrected chi connectivity index (χ4v) is 2.15. The van der Waals surface area contributed by atoms with Crippen molar-refractivity contribution in [3.05, 3.63) is 58.6 Å². The van der Waals surface area contributed by atoms with E-state index in [4.69, 9.17) is 21.1 Å². The molecular weight excluding hydrogens is 274 g/mol. The number of rotatable bonds is 6. The van der Waals surface area contributed by atoms with E-state index in [-0.39, 0.29) is 0 Å². The van der Waals surface area contributed by atoms with E-state index in [0.29, 0.717) is 11.6 Å². The van der Waals surface area contributed by atoms with E-state index in [1.165, 1.54) is 0 Å². The van der Waals surface area contributed by atoms with Gasteiger partial charge in [0.05, 0.1) is 7.11 Å². The summed E-state index contributed by atoms with van der Waals surface area (Å²) in [4.78, 5) is 0. The van der Waals surface area contributed by atoms with Crippen LogP contribution in [0, 0.1) is 0 Å². The quantitative estimate of drug-likeness (QED) is 0.881. The van der Waals surface area contributed by atoms with Crippen LogP contribution in [-0.2, 0) is 13.2 Å². The van der Waals surface area contributed by atoms with Crippen molar-refractivity contribution >= 4 is 11.6 Å². The Bertz CT molecular complexity index is 572. The number of halogens is 1. The van der Waals surface area contributed by atoms with Crippen LogP contribution in [0.2, 0.25) is 5.02 Å². The molecule has 3 nitrogen and oxygen atoms in total. The molecule has 106 valence electrons. The average molecular weight is 292 g/mol. The highest BCUT2D eigenvalue weighted by Crippen LogP contribution is 2.29. The monoisotopic (exact) mass is 291 g/mol. The highest BCUT2D eigenvalue weighted by atomic mass is 35.5. The summed E-state index contributed by atoms with van der Waals surface area (Å²) >= 11 is 5.95. The van der Waals surface area contributed by atoms with E-state index >= 15 is 0 Å². The Morgan fingerprint density at radius 2 is 1.90 bits per heavy atom. The number of ether oxygens (including phenoxy) is 2. The largest absolute Gasteiger partial charge is 0.493 e. The van der Waals surface area contributed by atoms with Crippen molar-refractivity contribution in [1.82, 2.24) is 5.32 Å². The maximum atomic E-state index is 5.95. The Balaban J connectivity index is 2.09. The van der Waals surface area contributed by atoms with Crippen LogP contribution in [0.5, 0.6) is 11.5 Å². The molecule has 0 aliphatic rings. The lowest BCUT2D eigenvalue weighted by atomic mass is 10.2. The highest BCUT2D eigenvalue weighted by Gasteiger charge is 2.06. The van der Waals surface area contributed by atoms with Crippen molar-refractivity contribution in [2.45, 2.75) is 13.2 Å². The third kappa shape index (κ3) is 3.89. The van der Waals surface area contributed by atoms with Crippen LogP contribution < -0.4 is 14.8 Å². The van der Waals surface area contributed by atoms with Crippen molar-refractivity contribution < 1.29 is 9.47 Å². The Kier molecular flexibility index (Phi) is 5.27. The number of hydrogen-bond donors (Lipinski definition) is 1. The molecule has 2 aromatic carbocycles. The number of benzene rings is 2. The van der Waals surface area contributed by atoms with Crippen LogP contribution in [0.25, 0.3) is 0 Å². The summed E-state index contributed by atoms with van der Waals surface area (Å²) in [6.45, 7) is 1.26. The molecule has 0 amide bonds. The van der Waals surface area contributed by atoms with Gasteiger partial charge in [0.25, 0.3) is 0 Å². The fraction of sp³-hybridized carbons (Fsp3) is 0.250. The first-order valence-electron chi connectivity index (χ1n) is 6.41. The topological polar surface area (TPSA) is 30.5 Å². The van der Waals surface area contributed by atoms with Gasteiger partial charge in [0, 0.05) is 11.6 Å². The van der Waals surface area contributed by atoms with Crippen LogP contribution in [0.4, 0.5) is 0 Å². The van der Waals surface area contributed by atoms with Gasteiger partial charge in [-0.25, -0.2) is 0 Å². The van der Waals surface area contributed by atoms with Gasteiger partial charge in [-0.3, -0.25) is 0 Å². The molecule has 20 heavy (non-hydrogen) atoms. The predicted molar refractivity (Wildman–Crippen MR) is 81.5 cm³/mol. The summed E-state index contributed by atoms with van der Waals surface area (Å²) in [5.74, 6) is 1.46. The predicted octanol–water partition coefficient (Wildman–Crippen LogP) is 3.65. The highest BCUT2D eigenvalue weighted by molar-refractivity contribution is 6.30. The molecule has 4 heteroatoms. The lowest BCUT2D eigenvalue weighted by Gasteiger charge is -2.12. The first kappa shape index (κ1) is 14.7. The average Bonchev–Trinajstić information content (AvgIpc) is 2.46. The van der Waals surface area contributed by atoms with Crippen molar-refractivity contribution in [3.63, 3.8) is 0 Å². The summed E-state index contributed by atoms with van der Waals surface area (Å²) in [6, 6.07) is 13.6. The molecule has 0 heterocycles. The van der Waals surface area contributed by atoms with Crippen LogP contribution in [0.15, 0.2) is 42.5 Å². The standard InChI is InChI=1S/C16H18ClNO2/c1-18-10-12-6-7-15(16(9-12)19-2)20-11-13-4-3-5-14(17)8-13/h3-9,18H,10-11H2,1-2H3. The molecular formula is C16H18ClNO2. The molecule has 1 N–H and O–H groups in total. The normalized spacial score (nSPS) is 10.3. The lowest BCUT2D eigenvalue weighted by Crippen LogP contribution is -2.05. The minimum atomic E-state index is 0.461. The van der Waals surface area contributed by atoms with E-state index in [0.717, 1.165) is 29.2 Å². The molecule has 0 atom stereocenters. The van der Waals surface area contributed by atoms with Gasteiger partial charge in [-0.05, 0) is 42.4 Å². The van der Waals surface area contributed by atoms with Crippen molar-refractivity contribution in [1.29, 1.82) is 0 Å². The molecule has 0 fully saturated rings. The smallest absolute Gasteiger partial charge is 0.161 e. The van der Waals surface area contributed by atoms with Gasteiger partial charge in [-0.2, -0.15) is 0 Å². The number of hydrogen-bond acceptors (Lipinski definition) is 3. The van der Waals surface area contributed by atoms with E-state index in [9.17, 15) is 0 Å². The van der Waals surface area contributed by atoms with E-state index in [1.54, 1.807) is 7.11 Å². The first-order chi connectivity index (χ1) is 9.72. The molecule has 0 radical (unpaired) electrons. The fourth-order valence-electron chi connectivity index (χ4n) is 1.93. The van der Waals surface area contributed by atoms with Crippen molar-refractivity contribution in [2.24, 2.45) is 0 Å². The van der Waals surface area contributed by atoms with Crippen molar-refractivity contribution in [2.75, 3.05) is 14.2 Å². The molecule has 0 unspecified atom stereocenters. The second-order valence-electron chi connectivity index (χ2n) is 4.43. The second-order valence-corrected chi connectivity index (χ2v) is 4.87. The zero-order chi connectivity index (χ0) is 14.4. The molecule has 0 spiro atoms. The molecule has 0 saturated carbocycles. The minimum absolute atomic E-state index is 0.461. The Labute approximate surface area is 124 Å². The van der Waals surface area contributed by atoms with Gasteiger partial charge in [-0.15, -0.1) is 0 Å². The zero-order valence-electron chi connectivity index (χ0n) is 11.7. The third-order valence-electron chi connectivity index (χ3n) is 2.89. The van der Waals surface area contributed by atoms with Crippen LogP contribution in [0.3, 0.4) is 0 Å². The van der Waals surface area contributed by atoms with E-state index in [2.05, 4.69) is 5.32 Å². The van der Waals surface area contributed by atoms with E-state index < -0.39 is 0 Å². The molecule has 0 aromatic heterocycles. The van der Waals surface area contributed by atoms with Gasteiger partial charge in [0.15, 0.2) is 11.5 Å². The van der Waals surface area contributed by atoms with Crippen LogP contribution >= 0.6 is 11.6 Å². The SMILES string of the molecule is CNCc1ccc(OCc2cccc(Cl)c2)c(OC)c1. The van der Waals surface area contributed by atoms with Crippen LogP contribution in [0.1, 0.15) is 11.1 Å². The van der Waals surface area contributed by atoms with E-state index in [1.807, 2.05) is 49.5 Å². The maximum absolute atomic E-state index is 5.95. The van der Waals surface area contributed by atoms with Crippen molar-refractivity contribution in [3.8, 4) is 11.5 Å². The zero-order valence-corrected chi connectivity index (χ0v) is 12.4. The molecule has 2 aromatic rings. The summed E-state index contributed by atoms with van der Waals surface area (Å²) < 4.78 is 11.2. The summed E-state index contributed by atoms with van der Waals surface area (Å²) in [7, 11) is 3.56. The van der Waals surface area contributed by atoms with Gasteiger partial charge >= 0.3 is 0 Å². The third-order valence-corrected chi connectivity index (χ3v) is 3.13. The molecule has 0 aliphatic carbocycles. The number of methoxy groups -OCH3 is 1. The molecule has 0 bridgehead atoms. The summed E-state index contributed by atoms with van der Waals surface area (Å²) in [5.41, 5.74) is 2.18. The first-order valence-corrected chi connectivity index (χ1v) is 6.79. The minimum Gasteiger partial charge on any atom is -0.493 e. The Hall–Kier alpha value is -1.71. The summed E-state index contributed by atoms with van der Waals surface area (Å²) in [6.07, 6.45) is 0. The molecule has 0 saturated heterocycles. The summed E-state index contributed by atoms with van der Waals surface area (Å²) in [5, 5.41) is 3.82. The van der Waals surface area contributed by atoms with Gasteiger partial charge < -0.3 is 14.8 Å². The molecule has 2 rings (SSSR count). The lowest BCUT2D eigenvalue weighted by molar-refractivity contribution is 0.284. The number of nitrogens with one attached hydrogen (secondary N) is 1. The van der Waals surface area contributed by atoms with Crippen LogP contribution in [-0.4, -0.2) is 14.2 Å². The van der Waals surface area contributed by atoms with Gasteiger partial charge in [0.2, 0.25) is 0 Å². The Morgan fingerprint density at radius 1 is 1.05 bits per heavy atom. The Morgan fingerprint density at radius 3 is 2.60 bits per heavy atom. The van der Waals surface area contributed by atoms with Gasteiger partial charge in [-0.1, -0.05) is 29.8 Å². The second kappa shape index (κ2) is 7.17. The molecule has 0 aliphatic heterocycles. The maximum Gasteiger partial charge on any atom is 0.161 e.